The Balaban J connectivity index is 1.88. The Hall–Kier alpha value is -2.04. The SMILES string of the molecule is Cc1cc(O)ccc1C(=O)NCC(=O)NC1CC1. The lowest BCUT2D eigenvalue weighted by atomic mass is 10.1. The molecule has 0 saturated heterocycles. The van der Waals surface area contributed by atoms with Gasteiger partial charge in [-0.15, -0.1) is 0 Å². The van der Waals surface area contributed by atoms with Crippen molar-refractivity contribution in [3.63, 3.8) is 0 Å². The van der Waals surface area contributed by atoms with Crippen LogP contribution in [-0.2, 0) is 4.79 Å². The molecular weight excluding hydrogens is 232 g/mol. The van der Waals surface area contributed by atoms with Crippen LogP contribution in [0.15, 0.2) is 18.2 Å². The molecular formula is C13H16N2O3. The summed E-state index contributed by atoms with van der Waals surface area (Å²) < 4.78 is 0. The number of rotatable bonds is 4. The van der Waals surface area contributed by atoms with Crippen molar-refractivity contribution in [2.75, 3.05) is 6.54 Å². The smallest absolute Gasteiger partial charge is 0.251 e. The third-order valence-electron chi connectivity index (χ3n) is 2.81. The minimum absolute atomic E-state index is 0.0182. The van der Waals surface area contributed by atoms with Gasteiger partial charge in [-0.1, -0.05) is 0 Å². The number of phenols is 1. The minimum atomic E-state index is -0.307. The van der Waals surface area contributed by atoms with Gasteiger partial charge in [0, 0.05) is 11.6 Å². The van der Waals surface area contributed by atoms with E-state index < -0.39 is 0 Å². The van der Waals surface area contributed by atoms with Gasteiger partial charge in [-0.2, -0.15) is 0 Å². The second-order valence-corrected chi connectivity index (χ2v) is 4.52. The first-order valence-electron chi connectivity index (χ1n) is 5.93. The second-order valence-electron chi connectivity index (χ2n) is 4.52. The predicted molar refractivity (Wildman–Crippen MR) is 66.3 cm³/mol. The highest BCUT2D eigenvalue weighted by atomic mass is 16.3. The highest BCUT2D eigenvalue weighted by molar-refractivity contribution is 5.97. The first-order chi connectivity index (χ1) is 8.56. The van der Waals surface area contributed by atoms with Gasteiger partial charge in [-0.05, 0) is 43.5 Å². The van der Waals surface area contributed by atoms with Crippen molar-refractivity contribution in [1.82, 2.24) is 10.6 Å². The quantitative estimate of drug-likeness (QED) is 0.734. The van der Waals surface area contributed by atoms with Gasteiger partial charge in [0.25, 0.3) is 5.91 Å². The summed E-state index contributed by atoms with van der Waals surface area (Å²) in [6.07, 6.45) is 2.05. The number of aromatic hydroxyl groups is 1. The third kappa shape index (κ3) is 3.23. The van der Waals surface area contributed by atoms with Gasteiger partial charge < -0.3 is 15.7 Å². The highest BCUT2D eigenvalue weighted by Gasteiger charge is 2.23. The average Bonchev–Trinajstić information content (AvgIpc) is 3.10. The standard InChI is InChI=1S/C13H16N2O3/c1-8-6-10(16)4-5-11(8)13(18)14-7-12(17)15-9-2-3-9/h4-6,9,16H,2-3,7H2,1H3,(H,14,18)(H,15,17). The van der Waals surface area contributed by atoms with Gasteiger partial charge in [-0.25, -0.2) is 0 Å². The summed E-state index contributed by atoms with van der Waals surface area (Å²) in [7, 11) is 0. The minimum Gasteiger partial charge on any atom is -0.508 e. The van der Waals surface area contributed by atoms with Gasteiger partial charge in [0.15, 0.2) is 0 Å². The van der Waals surface area contributed by atoms with E-state index in [-0.39, 0.29) is 24.1 Å². The number of hydrogen-bond acceptors (Lipinski definition) is 3. The molecule has 0 aliphatic heterocycles. The van der Waals surface area contributed by atoms with Gasteiger partial charge in [0.05, 0.1) is 6.54 Å². The van der Waals surface area contributed by atoms with E-state index in [4.69, 9.17) is 0 Å². The largest absolute Gasteiger partial charge is 0.508 e. The van der Waals surface area contributed by atoms with Crippen LogP contribution in [0.2, 0.25) is 0 Å². The lowest BCUT2D eigenvalue weighted by Gasteiger charge is -2.08. The molecule has 1 aliphatic carbocycles. The number of benzene rings is 1. The maximum atomic E-state index is 11.8. The van der Waals surface area contributed by atoms with Gasteiger partial charge in [-0.3, -0.25) is 9.59 Å². The number of carbonyl (C=O) groups excluding carboxylic acids is 2. The maximum absolute atomic E-state index is 11.8. The lowest BCUT2D eigenvalue weighted by molar-refractivity contribution is -0.120. The topological polar surface area (TPSA) is 78.4 Å². The molecule has 0 bridgehead atoms. The van der Waals surface area contributed by atoms with Crippen LogP contribution in [0.4, 0.5) is 0 Å². The first kappa shape index (κ1) is 12.4. The summed E-state index contributed by atoms with van der Waals surface area (Å²) in [6, 6.07) is 4.80. The van der Waals surface area contributed by atoms with Crippen molar-refractivity contribution in [3.05, 3.63) is 29.3 Å². The van der Waals surface area contributed by atoms with E-state index >= 15 is 0 Å². The Morgan fingerprint density at radius 1 is 1.39 bits per heavy atom. The summed E-state index contributed by atoms with van der Waals surface area (Å²) in [5.74, 6) is -0.351. The Bertz CT molecular complexity index is 481. The number of aryl methyl sites for hydroxylation is 1. The number of carbonyl (C=O) groups is 2. The summed E-state index contributed by atoms with van der Waals surface area (Å²) in [4.78, 5) is 23.2. The molecule has 1 aromatic rings. The molecule has 0 spiro atoms. The Morgan fingerprint density at radius 2 is 2.11 bits per heavy atom. The van der Waals surface area contributed by atoms with Crippen LogP contribution in [0.1, 0.15) is 28.8 Å². The third-order valence-corrected chi connectivity index (χ3v) is 2.81. The van der Waals surface area contributed by atoms with Crippen molar-refractivity contribution in [1.29, 1.82) is 0 Å². The molecule has 0 radical (unpaired) electrons. The fourth-order valence-electron chi connectivity index (χ4n) is 1.66. The van der Waals surface area contributed by atoms with Gasteiger partial charge in [0.1, 0.15) is 5.75 Å². The highest BCUT2D eigenvalue weighted by Crippen LogP contribution is 2.18. The Kier molecular flexibility index (Phi) is 3.50. The summed E-state index contributed by atoms with van der Waals surface area (Å²) >= 11 is 0. The number of nitrogens with one attached hydrogen (secondary N) is 2. The first-order valence-corrected chi connectivity index (χ1v) is 5.93. The molecule has 2 rings (SSSR count). The van der Waals surface area contributed by atoms with E-state index in [1.165, 1.54) is 12.1 Å². The molecule has 0 unspecified atom stereocenters. The van der Waals surface area contributed by atoms with Crippen molar-refractivity contribution >= 4 is 11.8 Å². The molecule has 18 heavy (non-hydrogen) atoms. The van der Waals surface area contributed by atoms with Crippen LogP contribution in [0, 0.1) is 6.92 Å². The van der Waals surface area contributed by atoms with Crippen LogP contribution in [0.25, 0.3) is 0 Å². The van der Waals surface area contributed by atoms with E-state index in [0.717, 1.165) is 12.8 Å². The Labute approximate surface area is 105 Å². The van der Waals surface area contributed by atoms with Gasteiger partial charge in [0.2, 0.25) is 5.91 Å². The molecule has 1 aliphatic rings. The van der Waals surface area contributed by atoms with Crippen LogP contribution in [0.3, 0.4) is 0 Å². The molecule has 96 valence electrons. The maximum Gasteiger partial charge on any atom is 0.251 e. The summed E-state index contributed by atoms with van der Waals surface area (Å²) in [5.41, 5.74) is 1.14. The van der Waals surface area contributed by atoms with E-state index in [9.17, 15) is 14.7 Å². The molecule has 0 heterocycles. The average molecular weight is 248 g/mol. The number of amides is 2. The van der Waals surface area contributed by atoms with Crippen LogP contribution in [0.5, 0.6) is 5.75 Å². The molecule has 3 N–H and O–H groups in total. The van der Waals surface area contributed by atoms with E-state index in [2.05, 4.69) is 10.6 Å². The molecule has 2 amide bonds. The zero-order chi connectivity index (χ0) is 13.1. The van der Waals surface area contributed by atoms with Crippen LogP contribution in [-0.4, -0.2) is 29.5 Å². The lowest BCUT2D eigenvalue weighted by Crippen LogP contribution is -2.38. The van der Waals surface area contributed by atoms with Crippen molar-refractivity contribution < 1.29 is 14.7 Å². The van der Waals surface area contributed by atoms with E-state index in [0.29, 0.717) is 17.2 Å². The van der Waals surface area contributed by atoms with E-state index in [1.807, 2.05) is 0 Å². The van der Waals surface area contributed by atoms with E-state index in [1.54, 1.807) is 13.0 Å². The zero-order valence-corrected chi connectivity index (χ0v) is 10.2. The molecule has 0 atom stereocenters. The second kappa shape index (κ2) is 5.08. The Morgan fingerprint density at radius 3 is 2.72 bits per heavy atom. The molecule has 1 aromatic carbocycles. The van der Waals surface area contributed by atoms with Crippen LogP contribution < -0.4 is 10.6 Å². The van der Waals surface area contributed by atoms with Crippen molar-refractivity contribution in [2.45, 2.75) is 25.8 Å². The molecule has 1 fully saturated rings. The summed E-state index contributed by atoms with van der Waals surface area (Å²) in [5, 5.41) is 14.6. The summed E-state index contributed by atoms with van der Waals surface area (Å²) in [6.45, 7) is 1.72. The zero-order valence-electron chi connectivity index (χ0n) is 10.2. The molecule has 5 heteroatoms. The van der Waals surface area contributed by atoms with Gasteiger partial charge >= 0.3 is 0 Å². The fourth-order valence-corrected chi connectivity index (χ4v) is 1.66. The van der Waals surface area contributed by atoms with Crippen molar-refractivity contribution in [2.24, 2.45) is 0 Å². The fraction of sp³-hybridized carbons (Fsp3) is 0.385. The molecule has 1 saturated carbocycles. The van der Waals surface area contributed by atoms with Crippen molar-refractivity contribution in [3.8, 4) is 5.75 Å². The number of phenolic OH excluding ortho intramolecular Hbond substituents is 1. The normalized spacial score (nSPS) is 14.1. The predicted octanol–water partition coefficient (Wildman–Crippen LogP) is 0.709. The molecule has 0 aromatic heterocycles. The monoisotopic (exact) mass is 248 g/mol. The van der Waals surface area contributed by atoms with Crippen LogP contribution >= 0.6 is 0 Å². The molecule has 5 nitrogen and oxygen atoms in total. The number of hydrogen-bond donors (Lipinski definition) is 3.